The Morgan fingerprint density at radius 3 is 0.561 bits per heavy atom. The molecule has 2 atom stereocenters. The van der Waals surface area contributed by atoms with Crippen molar-refractivity contribution >= 4 is 79.9 Å². The van der Waals surface area contributed by atoms with Crippen LogP contribution in [0, 0.1) is 5.41 Å². The maximum absolute atomic E-state index is 11.8. The van der Waals surface area contributed by atoms with Crippen LogP contribution in [0.15, 0.2) is 97.1 Å². The van der Waals surface area contributed by atoms with E-state index < -0.39 is 40.7 Å². The minimum atomic E-state index is -1.49. The molecule has 0 fully saturated rings. The number of aliphatic hydroxyl groups excluding tert-OH is 4. The summed E-state index contributed by atoms with van der Waals surface area (Å²) in [5.74, 6) is -0.0739. The molecule has 4 aromatic carbocycles. The van der Waals surface area contributed by atoms with Crippen molar-refractivity contribution in [2.45, 2.75) is 256 Å². The molecule has 2 unspecified atom stereocenters. The van der Waals surface area contributed by atoms with E-state index >= 15 is 0 Å². The first-order chi connectivity index (χ1) is 58.6. The first-order valence-electron chi connectivity index (χ1n) is 45.4. The molecular formula is C91H192B4N12O16. The van der Waals surface area contributed by atoms with Gasteiger partial charge in [-0.3, -0.25) is 24.6 Å². The average molecular weight is 1750 g/mol. The molecule has 0 aliphatic heterocycles. The van der Waals surface area contributed by atoms with E-state index in [-0.39, 0.29) is 42.8 Å². The summed E-state index contributed by atoms with van der Waals surface area (Å²) < 4.78 is 0. The van der Waals surface area contributed by atoms with Crippen molar-refractivity contribution in [1.29, 1.82) is 5.41 Å². The number of carbonyl (C=O) groups is 4. The number of nitrogens with two attached hydrogens (primary N) is 1. The Labute approximate surface area is 755 Å². The van der Waals surface area contributed by atoms with Gasteiger partial charge in [-0.25, -0.2) is 0 Å². The number of aliphatic hydroxyl groups is 4. The predicted molar refractivity (Wildman–Crippen MR) is 534 cm³/mol. The maximum Gasteiger partial charge on any atom is 0.488 e. The van der Waals surface area contributed by atoms with Gasteiger partial charge in [-0.2, -0.15) is 0 Å². The third kappa shape index (κ3) is 96.1. The van der Waals surface area contributed by atoms with E-state index in [0.717, 1.165) is 84.2 Å². The van der Waals surface area contributed by atoms with Crippen LogP contribution in [0.3, 0.4) is 0 Å². The number of guanidine groups is 1. The average Bonchev–Trinajstić information content (AvgIpc) is 0.883. The number of amides is 4. The fraction of sp³-hybridized carbons (Fsp3) is 0.681. The first-order valence-corrected chi connectivity index (χ1v) is 45.4. The zero-order valence-electron chi connectivity index (χ0n) is 84.9. The van der Waals surface area contributed by atoms with Crippen molar-refractivity contribution in [3.63, 3.8) is 0 Å². The summed E-state index contributed by atoms with van der Waals surface area (Å²) in [6.45, 7) is 62.6. The van der Waals surface area contributed by atoms with Crippen LogP contribution in [0.5, 0.6) is 0 Å². The van der Waals surface area contributed by atoms with Gasteiger partial charge < -0.3 is 117 Å². The summed E-state index contributed by atoms with van der Waals surface area (Å²) in [7, 11) is 12.6. The van der Waals surface area contributed by atoms with Crippen molar-refractivity contribution in [2.75, 3.05) is 162 Å². The molecule has 0 aliphatic rings. The molecule has 0 heterocycles. The topological polar surface area (TPSA) is 420 Å². The highest BCUT2D eigenvalue weighted by molar-refractivity contribution is 6.59. The molecule has 0 saturated carbocycles. The lowest BCUT2D eigenvalue weighted by molar-refractivity contribution is 0.0666. The van der Waals surface area contributed by atoms with Gasteiger partial charge in [0.2, 0.25) is 0 Å². The molecule has 28 nitrogen and oxygen atoms in total. The molecule has 0 aliphatic carbocycles. The number of rotatable bonds is 34. The predicted octanol–water partition coefficient (Wildman–Crippen LogP) is 9.04. The van der Waals surface area contributed by atoms with Gasteiger partial charge in [0.05, 0.1) is 25.4 Å². The van der Waals surface area contributed by atoms with Gasteiger partial charge in [0.15, 0.2) is 5.96 Å². The summed E-state index contributed by atoms with van der Waals surface area (Å²) in [4.78, 5) is 59.5. The quantitative estimate of drug-likeness (QED) is 0.0118. The number of hydrogen-bond donors (Lipinski definition) is 17. The summed E-state index contributed by atoms with van der Waals surface area (Å²) in [5.41, 5.74) is 8.89. The Kier molecular flexibility index (Phi) is 139. The highest BCUT2D eigenvalue weighted by atomic mass is 16.4. The Bertz CT molecular complexity index is 2410. The molecule has 0 bridgehead atoms. The first kappa shape index (κ1) is 148. The summed E-state index contributed by atoms with van der Waals surface area (Å²) in [6, 6.07) is 25.1. The van der Waals surface area contributed by atoms with Crippen molar-refractivity contribution in [1.82, 2.24) is 50.2 Å². The third-order valence-corrected chi connectivity index (χ3v) is 14.6. The second kappa shape index (κ2) is 116. The van der Waals surface area contributed by atoms with E-state index in [1.54, 1.807) is 101 Å². The zero-order valence-corrected chi connectivity index (χ0v) is 84.9. The van der Waals surface area contributed by atoms with Crippen LogP contribution >= 0.6 is 0 Å². The highest BCUT2D eigenvalue weighted by Crippen LogP contribution is 2.07. The molecule has 4 amide bonds. The highest BCUT2D eigenvalue weighted by Gasteiger charge is 2.19. The van der Waals surface area contributed by atoms with Gasteiger partial charge in [0.25, 0.3) is 23.6 Å². The fourth-order valence-electron chi connectivity index (χ4n) is 8.81. The van der Waals surface area contributed by atoms with Gasteiger partial charge in [-0.15, -0.1) is 0 Å². The number of nitrogens with zero attached hydrogens (tertiary/aromatic N) is 7. The second-order valence-electron chi connectivity index (χ2n) is 25.2. The molecule has 32 heteroatoms. The van der Waals surface area contributed by atoms with Gasteiger partial charge in [0.1, 0.15) is 0 Å². The molecule has 4 aromatic rings. The van der Waals surface area contributed by atoms with Crippen molar-refractivity contribution in [2.24, 2.45) is 5.73 Å². The molecule has 0 saturated heterocycles. The van der Waals surface area contributed by atoms with Gasteiger partial charge >= 0.3 is 28.5 Å². The normalized spacial score (nSPS) is 9.48. The van der Waals surface area contributed by atoms with Crippen LogP contribution in [0.25, 0.3) is 0 Å². The smallest absolute Gasteiger partial charge is 0.423 e. The monoisotopic (exact) mass is 1750 g/mol. The Morgan fingerprint density at radius 1 is 0.309 bits per heavy atom. The number of carbonyl (C=O) groups excluding carboxylic acids is 4. The minimum Gasteiger partial charge on any atom is -0.423 e. The zero-order chi connectivity index (χ0) is 99.4. The van der Waals surface area contributed by atoms with E-state index in [9.17, 15) is 19.2 Å². The van der Waals surface area contributed by atoms with Crippen LogP contribution in [0.2, 0.25) is 0 Å². The number of nitrogens with one attached hydrogen (secondary N) is 4. The number of hydrogen-bond acceptors (Lipinski definition) is 22. The molecule has 123 heavy (non-hydrogen) atoms. The molecule has 724 valence electrons. The lowest BCUT2D eigenvalue weighted by atomic mass is 9.80. The van der Waals surface area contributed by atoms with Gasteiger partial charge in [-0.1, -0.05) is 229 Å². The van der Waals surface area contributed by atoms with Crippen LogP contribution in [-0.4, -0.2) is 327 Å². The molecule has 0 radical (unpaired) electrons. The number of benzene rings is 4. The summed E-state index contributed by atoms with van der Waals surface area (Å²) in [5, 5.41) is 122. The number of likely N-dealkylation sites (N-methyl/N-ethyl adjacent to an activating group) is 2. The van der Waals surface area contributed by atoms with E-state index in [4.69, 9.17) is 71.8 Å². The van der Waals surface area contributed by atoms with Crippen LogP contribution in [0.1, 0.15) is 286 Å². The fourth-order valence-corrected chi connectivity index (χ4v) is 8.81. The second-order valence-corrected chi connectivity index (χ2v) is 25.2. The van der Waals surface area contributed by atoms with Crippen molar-refractivity contribution in [3.05, 3.63) is 119 Å². The van der Waals surface area contributed by atoms with E-state index in [0.29, 0.717) is 83.4 Å². The standard InChI is InChI=1S/4C11H16BNO3.2C7H17NO2.C5H13N3.3C4H11N.8C2H6/c4*1-3-8-13(2)11(14)9-4-6-10(7-5-9)12(15)16;2*1-3-4-8(2)5-7(10)6-9;1-3-4-8(2)5(6)7;3*1-3-4-5-2;8*1-2/h4*4-7,15-16H,3,8H2,1-2H3;2*7,9-10H,3-6H2,1-2H3;3-4H2,1-2H3,(H3,6,7);3*5H,3-4H2,1-2H3;8*1-2H3. The molecular weight excluding hydrogens is 1560 g/mol. The molecule has 4 rings (SSSR count). The van der Waals surface area contributed by atoms with Gasteiger partial charge in [0, 0.05) is 103 Å². The molecule has 18 N–H and O–H groups in total. The third-order valence-electron chi connectivity index (χ3n) is 14.6. The molecule has 0 spiro atoms. The minimum absolute atomic E-state index is 0.0548. The van der Waals surface area contributed by atoms with Crippen LogP contribution < -0.4 is 43.5 Å². The van der Waals surface area contributed by atoms with Crippen molar-refractivity contribution < 1.29 is 79.8 Å². The lowest BCUT2D eigenvalue weighted by Crippen LogP contribution is -2.33. The Hall–Kier alpha value is -6.39. The summed E-state index contributed by atoms with van der Waals surface area (Å²) >= 11 is 0. The van der Waals surface area contributed by atoms with E-state index in [1.165, 1.54) is 67.8 Å². The van der Waals surface area contributed by atoms with E-state index in [2.05, 4.69) is 57.5 Å². The largest absolute Gasteiger partial charge is 0.488 e. The van der Waals surface area contributed by atoms with Crippen LogP contribution in [0.4, 0.5) is 0 Å². The Balaban J connectivity index is -0.0000000896. The lowest BCUT2D eigenvalue weighted by Gasteiger charge is -2.17. The maximum atomic E-state index is 11.8. The molecule has 0 aromatic heterocycles. The van der Waals surface area contributed by atoms with Gasteiger partial charge in [-0.05, 0) is 203 Å². The van der Waals surface area contributed by atoms with Crippen molar-refractivity contribution in [3.8, 4) is 0 Å². The van der Waals surface area contributed by atoms with E-state index in [1.807, 2.05) is 191 Å². The SMILES string of the molecule is CC.CC.CC.CC.CC.CC.CC.CC.CCCN(C)C(=N)N.CCCN(C)C(=O)c1ccc(B(O)O)cc1.CCCN(C)C(=O)c1ccc(B(O)O)cc1.CCCN(C)C(=O)c1ccc(B(O)O)cc1.CCCN(C)C(=O)c1ccc(B(O)O)cc1.CCCN(C)CC(O)CO.CCCN(C)CC(O)CO.CCCNC.CCCNC.CCCNC. The summed E-state index contributed by atoms with van der Waals surface area (Å²) in [6.07, 6.45) is 9.37. The van der Waals surface area contributed by atoms with Crippen LogP contribution in [-0.2, 0) is 0 Å². The Morgan fingerprint density at radius 2 is 0.463 bits per heavy atom.